The van der Waals surface area contributed by atoms with Gasteiger partial charge in [-0.1, -0.05) is 25.1 Å². The van der Waals surface area contributed by atoms with Crippen LogP contribution < -0.4 is 10.1 Å². The highest BCUT2D eigenvalue weighted by atomic mass is 16.5. The Labute approximate surface area is 129 Å². The molecule has 0 aliphatic rings. The quantitative estimate of drug-likeness (QED) is 0.636. The first-order valence-electron chi connectivity index (χ1n) is 7.79. The number of likely N-dealkylation sites (N-methyl/N-ethyl adjacent to an activating group) is 1. The summed E-state index contributed by atoms with van der Waals surface area (Å²) in [6, 6.07) is 8.65. The number of para-hydroxylation sites is 1. The molecule has 4 heteroatoms. The van der Waals surface area contributed by atoms with E-state index in [0.717, 1.165) is 38.4 Å². The maximum absolute atomic E-state index is 5.94. The molecule has 1 N–H and O–H groups in total. The number of nitrogens with one attached hydrogen (secondary N) is 1. The van der Waals surface area contributed by atoms with Crippen LogP contribution in [-0.4, -0.2) is 51.4 Å². The number of benzene rings is 1. The zero-order chi connectivity index (χ0) is 15.5. The summed E-state index contributed by atoms with van der Waals surface area (Å²) >= 11 is 0. The lowest BCUT2D eigenvalue weighted by atomic mass is 10.2. The first kappa shape index (κ1) is 18.0. The van der Waals surface area contributed by atoms with Crippen molar-refractivity contribution in [2.24, 2.45) is 0 Å². The monoisotopic (exact) mass is 294 g/mol. The van der Waals surface area contributed by atoms with Gasteiger partial charge in [-0.25, -0.2) is 0 Å². The number of ether oxygens (including phenoxy) is 2. The molecular weight excluding hydrogens is 264 g/mol. The van der Waals surface area contributed by atoms with E-state index in [0.29, 0.717) is 12.6 Å². The second kappa shape index (κ2) is 10.6. The minimum absolute atomic E-state index is 0.403. The lowest BCUT2D eigenvalue weighted by molar-refractivity contribution is 0.105. The summed E-state index contributed by atoms with van der Waals surface area (Å²) in [6.07, 6.45) is 1.14. The smallest absolute Gasteiger partial charge is 0.123 e. The molecule has 0 fully saturated rings. The Morgan fingerprint density at radius 2 is 2.05 bits per heavy atom. The summed E-state index contributed by atoms with van der Waals surface area (Å²) in [5.41, 5.74) is 1.22. The molecule has 0 aromatic heterocycles. The van der Waals surface area contributed by atoms with Gasteiger partial charge in [-0.05, 0) is 33.0 Å². The molecule has 1 aromatic carbocycles. The molecule has 0 bridgehead atoms. The summed E-state index contributed by atoms with van der Waals surface area (Å²) in [4.78, 5) is 2.25. The fourth-order valence-corrected chi connectivity index (χ4v) is 2.08. The van der Waals surface area contributed by atoms with Gasteiger partial charge in [0.15, 0.2) is 0 Å². The highest BCUT2D eigenvalue weighted by molar-refractivity contribution is 5.33. The molecule has 21 heavy (non-hydrogen) atoms. The van der Waals surface area contributed by atoms with Crippen molar-refractivity contribution in [2.75, 3.05) is 40.5 Å². The molecule has 1 rings (SSSR count). The number of rotatable bonds is 11. The second-order valence-electron chi connectivity index (χ2n) is 5.42. The normalized spacial score (nSPS) is 12.6. The molecule has 0 saturated carbocycles. The van der Waals surface area contributed by atoms with Crippen LogP contribution in [0.25, 0.3) is 0 Å². The zero-order valence-corrected chi connectivity index (χ0v) is 13.9. The summed E-state index contributed by atoms with van der Waals surface area (Å²) < 4.78 is 11.1. The Morgan fingerprint density at radius 1 is 1.29 bits per heavy atom. The van der Waals surface area contributed by atoms with Crippen molar-refractivity contribution in [3.05, 3.63) is 29.8 Å². The van der Waals surface area contributed by atoms with Gasteiger partial charge in [-0.3, -0.25) is 4.90 Å². The van der Waals surface area contributed by atoms with Crippen molar-refractivity contribution in [2.45, 2.75) is 32.9 Å². The van der Waals surface area contributed by atoms with Crippen molar-refractivity contribution < 1.29 is 9.47 Å². The highest BCUT2D eigenvalue weighted by Gasteiger charge is 2.09. The molecule has 1 atom stereocenters. The van der Waals surface area contributed by atoms with Gasteiger partial charge < -0.3 is 14.8 Å². The van der Waals surface area contributed by atoms with E-state index >= 15 is 0 Å². The highest BCUT2D eigenvalue weighted by Crippen LogP contribution is 2.17. The van der Waals surface area contributed by atoms with Gasteiger partial charge in [0.05, 0.1) is 6.61 Å². The molecule has 0 spiro atoms. The summed E-state index contributed by atoms with van der Waals surface area (Å²) in [5.74, 6) is 0.980. The van der Waals surface area contributed by atoms with Crippen molar-refractivity contribution in [3.63, 3.8) is 0 Å². The Balaban J connectivity index is 2.40. The molecule has 0 aliphatic carbocycles. The molecule has 1 unspecified atom stereocenters. The Morgan fingerprint density at radius 3 is 2.76 bits per heavy atom. The van der Waals surface area contributed by atoms with E-state index in [1.54, 1.807) is 7.11 Å². The van der Waals surface area contributed by atoms with Crippen LogP contribution in [-0.2, 0) is 11.3 Å². The first-order valence-corrected chi connectivity index (χ1v) is 7.79. The van der Waals surface area contributed by atoms with Gasteiger partial charge in [0.25, 0.3) is 0 Å². The molecule has 0 saturated heterocycles. The fraction of sp³-hybridized carbons (Fsp3) is 0.647. The van der Waals surface area contributed by atoms with Crippen LogP contribution in [0.2, 0.25) is 0 Å². The molecule has 1 aromatic rings. The third-order valence-electron chi connectivity index (χ3n) is 3.58. The minimum atomic E-state index is 0.403. The van der Waals surface area contributed by atoms with Crippen LogP contribution in [0.15, 0.2) is 24.3 Å². The number of methoxy groups -OCH3 is 1. The Hall–Kier alpha value is -1.10. The van der Waals surface area contributed by atoms with Gasteiger partial charge >= 0.3 is 0 Å². The second-order valence-corrected chi connectivity index (χ2v) is 5.42. The minimum Gasteiger partial charge on any atom is -0.492 e. The third kappa shape index (κ3) is 6.93. The molecule has 0 amide bonds. The lowest BCUT2D eigenvalue weighted by Crippen LogP contribution is -2.35. The molecule has 0 heterocycles. The van der Waals surface area contributed by atoms with Gasteiger partial charge in [0.1, 0.15) is 12.4 Å². The lowest BCUT2D eigenvalue weighted by Gasteiger charge is -2.24. The van der Waals surface area contributed by atoms with Crippen LogP contribution in [0, 0.1) is 0 Å². The molecule has 120 valence electrons. The standard InChI is InChI=1S/C17H30N2O2/c1-5-10-18-13-16-8-6-7-9-17(16)21-12-11-19(3)15(2)14-20-4/h6-9,15,18H,5,10-14H2,1-4H3. The summed E-state index contributed by atoms with van der Waals surface area (Å²) in [6.45, 7) is 8.55. The average Bonchev–Trinajstić information content (AvgIpc) is 2.49. The van der Waals surface area contributed by atoms with E-state index < -0.39 is 0 Å². The maximum Gasteiger partial charge on any atom is 0.123 e. The van der Waals surface area contributed by atoms with Crippen LogP contribution in [0.4, 0.5) is 0 Å². The van der Waals surface area contributed by atoms with Crippen molar-refractivity contribution in [1.29, 1.82) is 0 Å². The molecular formula is C17H30N2O2. The summed E-state index contributed by atoms with van der Waals surface area (Å²) in [5, 5.41) is 3.42. The van der Waals surface area contributed by atoms with Crippen LogP contribution >= 0.6 is 0 Å². The fourth-order valence-electron chi connectivity index (χ4n) is 2.08. The summed E-state index contributed by atoms with van der Waals surface area (Å²) in [7, 11) is 3.84. The Bertz CT molecular complexity index is 385. The number of hydrogen-bond donors (Lipinski definition) is 1. The van der Waals surface area contributed by atoms with E-state index in [-0.39, 0.29) is 0 Å². The van der Waals surface area contributed by atoms with Crippen LogP contribution in [0.5, 0.6) is 5.75 Å². The van der Waals surface area contributed by atoms with Gasteiger partial charge in [-0.2, -0.15) is 0 Å². The van der Waals surface area contributed by atoms with Crippen molar-refractivity contribution >= 4 is 0 Å². The molecule has 4 nitrogen and oxygen atoms in total. The number of nitrogens with zero attached hydrogens (tertiary/aromatic N) is 1. The van der Waals surface area contributed by atoms with E-state index in [4.69, 9.17) is 9.47 Å². The maximum atomic E-state index is 5.94. The van der Waals surface area contributed by atoms with Gasteiger partial charge in [0.2, 0.25) is 0 Å². The number of hydrogen-bond acceptors (Lipinski definition) is 4. The van der Waals surface area contributed by atoms with E-state index in [1.807, 2.05) is 12.1 Å². The van der Waals surface area contributed by atoms with Gasteiger partial charge in [0, 0.05) is 31.8 Å². The predicted octanol–water partition coefficient (Wildman–Crippen LogP) is 2.53. The topological polar surface area (TPSA) is 33.7 Å². The van der Waals surface area contributed by atoms with E-state index in [1.165, 1.54) is 5.56 Å². The SMILES string of the molecule is CCCNCc1ccccc1OCCN(C)C(C)COC. The molecule has 0 aliphatic heterocycles. The zero-order valence-electron chi connectivity index (χ0n) is 13.9. The third-order valence-corrected chi connectivity index (χ3v) is 3.58. The van der Waals surface area contributed by atoms with E-state index in [9.17, 15) is 0 Å². The largest absolute Gasteiger partial charge is 0.492 e. The first-order chi connectivity index (χ1) is 10.2. The van der Waals surface area contributed by atoms with Gasteiger partial charge in [-0.15, -0.1) is 0 Å². The van der Waals surface area contributed by atoms with Crippen molar-refractivity contribution in [1.82, 2.24) is 10.2 Å². The Kier molecular flexibility index (Phi) is 9.06. The average molecular weight is 294 g/mol. The van der Waals surface area contributed by atoms with E-state index in [2.05, 4.69) is 43.2 Å². The predicted molar refractivity (Wildman–Crippen MR) is 87.9 cm³/mol. The molecule has 0 radical (unpaired) electrons. The van der Waals surface area contributed by atoms with Crippen LogP contribution in [0.1, 0.15) is 25.8 Å². The van der Waals surface area contributed by atoms with Crippen molar-refractivity contribution in [3.8, 4) is 5.75 Å². The van der Waals surface area contributed by atoms with Crippen LogP contribution in [0.3, 0.4) is 0 Å².